The van der Waals surface area contributed by atoms with Crippen LogP contribution in [0.1, 0.15) is 43.0 Å². The number of hydrogen-bond acceptors (Lipinski definition) is 5. The Bertz CT molecular complexity index is 948. The lowest BCUT2D eigenvalue weighted by Crippen LogP contribution is -2.17. The second kappa shape index (κ2) is 8.21. The molecule has 0 spiro atoms. The standard InChI is InChI=1S/C23H24N4O/c1-16(28)17-11-13-20(14-12-17)24-22-15-21(18-7-3-2-4-8-18)26-23(27-22)25-19-9-5-6-10-19/h2-4,7-8,11-15,19H,5-6,9-10H2,1H3,(H2,24,25,26,27). The largest absolute Gasteiger partial charge is 0.351 e. The van der Waals surface area contributed by atoms with Crippen LogP contribution in [0.5, 0.6) is 0 Å². The number of nitrogens with one attached hydrogen (secondary N) is 2. The van der Waals surface area contributed by atoms with E-state index in [1.165, 1.54) is 12.8 Å². The Hall–Kier alpha value is -3.21. The van der Waals surface area contributed by atoms with Crippen LogP contribution >= 0.6 is 0 Å². The molecule has 0 atom stereocenters. The van der Waals surface area contributed by atoms with E-state index in [9.17, 15) is 4.79 Å². The number of carbonyl (C=O) groups is 1. The lowest BCUT2D eigenvalue weighted by molar-refractivity contribution is 0.101. The number of hydrogen-bond donors (Lipinski definition) is 2. The lowest BCUT2D eigenvalue weighted by Gasteiger charge is -2.15. The maximum Gasteiger partial charge on any atom is 0.225 e. The van der Waals surface area contributed by atoms with Gasteiger partial charge < -0.3 is 10.6 Å². The predicted octanol–water partition coefficient (Wildman–Crippen LogP) is 5.44. The van der Waals surface area contributed by atoms with Gasteiger partial charge in [-0.2, -0.15) is 4.98 Å². The average Bonchev–Trinajstić information content (AvgIpc) is 3.22. The zero-order chi connectivity index (χ0) is 19.3. The summed E-state index contributed by atoms with van der Waals surface area (Å²) in [4.78, 5) is 20.9. The maximum absolute atomic E-state index is 11.5. The number of carbonyl (C=O) groups excluding carboxylic acids is 1. The van der Waals surface area contributed by atoms with Crippen molar-refractivity contribution in [2.75, 3.05) is 10.6 Å². The van der Waals surface area contributed by atoms with Gasteiger partial charge in [-0.1, -0.05) is 43.2 Å². The molecule has 0 saturated heterocycles. The third-order valence-electron chi connectivity index (χ3n) is 5.05. The minimum absolute atomic E-state index is 0.0583. The van der Waals surface area contributed by atoms with Crippen molar-refractivity contribution in [1.29, 1.82) is 0 Å². The highest BCUT2D eigenvalue weighted by atomic mass is 16.1. The molecule has 3 aromatic rings. The van der Waals surface area contributed by atoms with E-state index < -0.39 is 0 Å². The minimum Gasteiger partial charge on any atom is -0.351 e. The summed E-state index contributed by atoms with van der Waals surface area (Å²) in [6, 6.07) is 19.9. The monoisotopic (exact) mass is 372 g/mol. The third-order valence-corrected chi connectivity index (χ3v) is 5.05. The van der Waals surface area contributed by atoms with E-state index in [2.05, 4.69) is 15.6 Å². The van der Waals surface area contributed by atoms with E-state index in [-0.39, 0.29) is 5.78 Å². The Kier molecular flexibility index (Phi) is 5.33. The van der Waals surface area contributed by atoms with Gasteiger partial charge >= 0.3 is 0 Å². The van der Waals surface area contributed by atoms with Crippen LogP contribution < -0.4 is 10.6 Å². The van der Waals surface area contributed by atoms with Gasteiger partial charge in [0, 0.05) is 28.9 Å². The average molecular weight is 372 g/mol. The quantitative estimate of drug-likeness (QED) is 0.564. The Morgan fingerprint density at radius 1 is 0.964 bits per heavy atom. The molecule has 5 heteroatoms. The fraction of sp³-hybridized carbons (Fsp3) is 0.261. The highest BCUT2D eigenvalue weighted by Crippen LogP contribution is 2.26. The fourth-order valence-corrected chi connectivity index (χ4v) is 3.52. The number of aromatic nitrogens is 2. The number of Topliss-reactive ketones (excluding diaryl/α,β-unsaturated/α-hetero) is 1. The van der Waals surface area contributed by atoms with Gasteiger partial charge in [0.05, 0.1) is 5.69 Å². The highest BCUT2D eigenvalue weighted by molar-refractivity contribution is 5.94. The second-order valence-corrected chi connectivity index (χ2v) is 7.21. The zero-order valence-corrected chi connectivity index (χ0v) is 16.0. The molecule has 4 rings (SSSR count). The van der Waals surface area contributed by atoms with E-state index in [1.54, 1.807) is 6.92 Å². The molecule has 0 amide bonds. The van der Waals surface area contributed by atoms with Crippen molar-refractivity contribution in [3.63, 3.8) is 0 Å². The summed E-state index contributed by atoms with van der Waals surface area (Å²) in [7, 11) is 0. The number of ketones is 1. The Balaban J connectivity index is 1.63. The molecule has 1 aliphatic carbocycles. The Morgan fingerprint density at radius 2 is 1.68 bits per heavy atom. The van der Waals surface area contributed by atoms with Gasteiger partial charge in [-0.3, -0.25) is 4.79 Å². The molecule has 1 aromatic heterocycles. The number of nitrogens with zero attached hydrogens (tertiary/aromatic N) is 2. The van der Waals surface area contributed by atoms with Gasteiger partial charge in [-0.05, 0) is 44.0 Å². The van der Waals surface area contributed by atoms with Gasteiger partial charge in [0.15, 0.2) is 5.78 Å². The van der Waals surface area contributed by atoms with Crippen LogP contribution in [0.2, 0.25) is 0 Å². The Labute approximate surface area is 165 Å². The van der Waals surface area contributed by atoms with E-state index >= 15 is 0 Å². The predicted molar refractivity (Wildman–Crippen MR) is 113 cm³/mol. The molecular weight excluding hydrogens is 348 g/mol. The molecule has 2 N–H and O–H groups in total. The van der Waals surface area contributed by atoms with Crippen molar-refractivity contribution in [1.82, 2.24) is 9.97 Å². The van der Waals surface area contributed by atoms with Gasteiger partial charge in [-0.15, -0.1) is 0 Å². The molecule has 1 heterocycles. The molecule has 5 nitrogen and oxygen atoms in total. The summed E-state index contributed by atoms with van der Waals surface area (Å²) in [5, 5.41) is 6.84. The molecule has 0 bridgehead atoms. The SMILES string of the molecule is CC(=O)c1ccc(Nc2cc(-c3ccccc3)nc(NC3CCCC3)n2)cc1. The number of rotatable bonds is 6. The van der Waals surface area contributed by atoms with Crippen molar-refractivity contribution >= 4 is 23.2 Å². The third kappa shape index (κ3) is 4.36. The maximum atomic E-state index is 11.5. The van der Waals surface area contributed by atoms with Crippen LogP contribution in [0.25, 0.3) is 11.3 Å². The number of anilines is 3. The fourth-order valence-electron chi connectivity index (χ4n) is 3.52. The van der Waals surface area contributed by atoms with Crippen molar-refractivity contribution in [3.8, 4) is 11.3 Å². The molecule has 1 aliphatic rings. The molecule has 142 valence electrons. The topological polar surface area (TPSA) is 66.9 Å². The van der Waals surface area contributed by atoms with Crippen LogP contribution in [-0.4, -0.2) is 21.8 Å². The summed E-state index contributed by atoms with van der Waals surface area (Å²) >= 11 is 0. The first-order chi connectivity index (χ1) is 13.7. The van der Waals surface area contributed by atoms with Crippen LogP contribution in [0.4, 0.5) is 17.5 Å². The van der Waals surface area contributed by atoms with Crippen molar-refractivity contribution in [2.45, 2.75) is 38.6 Å². The molecule has 0 aliphatic heterocycles. The second-order valence-electron chi connectivity index (χ2n) is 7.21. The molecule has 28 heavy (non-hydrogen) atoms. The molecule has 0 unspecified atom stereocenters. The van der Waals surface area contributed by atoms with E-state index in [4.69, 9.17) is 4.98 Å². The molecular formula is C23H24N4O. The van der Waals surface area contributed by atoms with Crippen LogP contribution in [-0.2, 0) is 0 Å². The minimum atomic E-state index is 0.0583. The lowest BCUT2D eigenvalue weighted by atomic mass is 10.1. The molecule has 1 saturated carbocycles. The van der Waals surface area contributed by atoms with Crippen LogP contribution in [0.3, 0.4) is 0 Å². The van der Waals surface area contributed by atoms with E-state index in [0.717, 1.165) is 35.6 Å². The van der Waals surface area contributed by atoms with E-state index in [1.807, 2.05) is 60.7 Å². The van der Waals surface area contributed by atoms with Crippen LogP contribution in [0.15, 0.2) is 60.7 Å². The first-order valence-electron chi connectivity index (χ1n) is 9.76. The van der Waals surface area contributed by atoms with Crippen LogP contribution in [0, 0.1) is 0 Å². The summed E-state index contributed by atoms with van der Waals surface area (Å²) in [6.07, 6.45) is 4.83. The zero-order valence-electron chi connectivity index (χ0n) is 16.0. The van der Waals surface area contributed by atoms with Crippen molar-refractivity contribution in [2.24, 2.45) is 0 Å². The smallest absolute Gasteiger partial charge is 0.225 e. The van der Waals surface area contributed by atoms with Crippen molar-refractivity contribution < 1.29 is 4.79 Å². The summed E-state index contributed by atoms with van der Waals surface area (Å²) in [6.45, 7) is 1.57. The first kappa shape index (κ1) is 18.2. The highest BCUT2D eigenvalue weighted by Gasteiger charge is 2.17. The summed E-state index contributed by atoms with van der Waals surface area (Å²) < 4.78 is 0. The summed E-state index contributed by atoms with van der Waals surface area (Å²) in [5.41, 5.74) is 3.50. The van der Waals surface area contributed by atoms with Gasteiger partial charge in [-0.25, -0.2) is 4.98 Å². The molecule has 2 aromatic carbocycles. The van der Waals surface area contributed by atoms with Gasteiger partial charge in [0.1, 0.15) is 5.82 Å². The molecule has 0 radical (unpaired) electrons. The Morgan fingerprint density at radius 3 is 2.36 bits per heavy atom. The van der Waals surface area contributed by atoms with E-state index in [0.29, 0.717) is 17.6 Å². The van der Waals surface area contributed by atoms with Crippen molar-refractivity contribution in [3.05, 3.63) is 66.2 Å². The van der Waals surface area contributed by atoms with Gasteiger partial charge in [0.2, 0.25) is 5.95 Å². The summed E-state index contributed by atoms with van der Waals surface area (Å²) in [5.74, 6) is 1.43. The normalized spacial score (nSPS) is 14.0. The van der Waals surface area contributed by atoms with Gasteiger partial charge in [0.25, 0.3) is 0 Å². The number of benzene rings is 2. The first-order valence-corrected chi connectivity index (χ1v) is 9.76. The molecule has 1 fully saturated rings.